The number of hydrogen-bond donors (Lipinski definition) is 1. The average molecular weight is 589 g/mol. The number of esters is 2. The van der Waals surface area contributed by atoms with Crippen LogP contribution in [-0.4, -0.2) is 50.3 Å². The minimum absolute atomic E-state index is 0.116. The van der Waals surface area contributed by atoms with E-state index in [0.29, 0.717) is 40.7 Å². The summed E-state index contributed by atoms with van der Waals surface area (Å²) in [5.41, 5.74) is 4.71. The second-order valence-corrected chi connectivity index (χ2v) is 10.4. The zero-order chi connectivity index (χ0) is 29.9. The number of halogens is 1. The van der Waals surface area contributed by atoms with Crippen molar-refractivity contribution in [2.75, 3.05) is 33.5 Å². The van der Waals surface area contributed by atoms with E-state index in [9.17, 15) is 9.59 Å². The average Bonchev–Trinajstić information content (AvgIpc) is 3.00. The zero-order valence-corrected chi connectivity index (χ0v) is 25.0. The van der Waals surface area contributed by atoms with E-state index in [-0.39, 0.29) is 18.8 Å². The lowest BCUT2D eigenvalue weighted by atomic mass is 9.80. The fourth-order valence-electron chi connectivity index (χ4n) is 5.13. The number of hydrogen-bond acceptors (Lipinski definition) is 7. The molecule has 1 atom stereocenters. The highest BCUT2D eigenvalue weighted by Gasteiger charge is 2.39. The summed E-state index contributed by atoms with van der Waals surface area (Å²) in [7, 11) is 1.31. The number of carbonyl (C=O) groups excluding carboxylic acids is 2. The maximum absolute atomic E-state index is 13.4. The molecule has 4 rings (SSSR count). The standard InChI is InChI=1S/C34H37ClN2O5/c1-4-42-34(39)32-29(36-24(2)30(33(38)40-3)31(32)27-17-11-12-18-28(27)35)23-41-20-19-37(21-25-13-7-5-8-14-25)22-26-15-9-6-10-16-26/h5-18,31,36H,4,19-23H2,1-3H3. The largest absolute Gasteiger partial charge is 0.466 e. The van der Waals surface area contributed by atoms with E-state index >= 15 is 0 Å². The summed E-state index contributed by atoms with van der Waals surface area (Å²) in [4.78, 5) is 28.7. The van der Waals surface area contributed by atoms with Crippen LogP contribution in [0.4, 0.5) is 0 Å². The van der Waals surface area contributed by atoms with Crippen LogP contribution in [0.15, 0.2) is 107 Å². The van der Waals surface area contributed by atoms with E-state index < -0.39 is 17.9 Å². The molecule has 0 amide bonds. The zero-order valence-electron chi connectivity index (χ0n) is 24.3. The third kappa shape index (κ3) is 7.88. The molecule has 8 heteroatoms. The highest BCUT2D eigenvalue weighted by Crippen LogP contribution is 2.41. The lowest BCUT2D eigenvalue weighted by molar-refractivity contribution is -0.139. The first kappa shape index (κ1) is 31.0. The van der Waals surface area contributed by atoms with Gasteiger partial charge in [0.1, 0.15) is 0 Å². The van der Waals surface area contributed by atoms with Gasteiger partial charge in [0.2, 0.25) is 0 Å². The molecule has 3 aromatic carbocycles. The Balaban J connectivity index is 1.57. The van der Waals surface area contributed by atoms with Gasteiger partial charge in [-0.3, -0.25) is 4.90 Å². The SMILES string of the molecule is CCOC(=O)C1=C(COCCN(Cc2ccccc2)Cc2ccccc2)NC(C)=C(C(=O)OC)C1c1ccccc1Cl. The number of nitrogens with zero attached hydrogens (tertiary/aromatic N) is 1. The number of dihydropyridines is 1. The molecule has 0 spiro atoms. The third-order valence-electron chi connectivity index (χ3n) is 7.06. The van der Waals surface area contributed by atoms with Gasteiger partial charge in [-0.05, 0) is 36.6 Å². The van der Waals surface area contributed by atoms with Gasteiger partial charge in [0.15, 0.2) is 0 Å². The van der Waals surface area contributed by atoms with Crippen LogP contribution >= 0.6 is 11.6 Å². The van der Waals surface area contributed by atoms with Gasteiger partial charge in [0, 0.05) is 30.4 Å². The van der Waals surface area contributed by atoms with Crippen molar-refractivity contribution in [3.05, 3.63) is 129 Å². The van der Waals surface area contributed by atoms with Crippen LogP contribution in [0.2, 0.25) is 5.02 Å². The molecule has 1 aliphatic heterocycles. The molecule has 0 radical (unpaired) electrons. The lowest BCUT2D eigenvalue weighted by Gasteiger charge is -2.32. The van der Waals surface area contributed by atoms with Crippen molar-refractivity contribution in [2.45, 2.75) is 32.9 Å². The molecule has 42 heavy (non-hydrogen) atoms. The Bertz CT molecular complexity index is 1380. The number of nitrogens with one attached hydrogen (secondary N) is 1. The van der Waals surface area contributed by atoms with Gasteiger partial charge < -0.3 is 19.5 Å². The topological polar surface area (TPSA) is 77.1 Å². The number of allylic oxidation sites excluding steroid dienone is 1. The highest BCUT2D eigenvalue weighted by atomic mass is 35.5. The van der Waals surface area contributed by atoms with Gasteiger partial charge in [-0.1, -0.05) is 90.5 Å². The van der Waals surface area contributed by atoms with Crippen LogP contribution in [0.3, 0.4) is 0 Å². The predicted molar refractivity (Wildman–Crippen MR) is 164 cm³/mol. The summed E-state index contributed by atoms with van der Waals surface area (Å²) >= 11 is 6.60. The number of benzene rings is 3. The summed E-state index contributed by atoms with van der Waals surface area (Å²) in [6.07, 6.45) is 0. The smallest absolute Gasteiger partial charge is 0.336 e. The van der Waals surface area contributed by atoms with E-state index in [0.717, 1.165) is 13.1 Å². The Kier molecular flexibility index (Phi) is 11.3. The van der Waals surface area contributed by atoms with Crippen LogP contribution < -0.4 is 5.32 Å². The molecule has 0 bridgehead atoms. The van der Waals surface area contributed by atoms with E-state index in [1.807, 2.05) is 42.5 Å². The normalized spacial score (nSPS) is 15.0. The Morgan fingerprint density at radius 1 is 0.857 bits per heavy atom. The molecule has 0 aliphatic carbocycles. The number of rotatable bonds is 13. The first-order valence-electron chi connectivity index (χ1n) is 14.0. The van der Waals surface area contributed by atoms with Gasteiger partial charge >= 0.3 is 11.9 Å². The maximum atomic E-state index is 13.4. The van der Waals surface area contributed by atoms with E-state index in [2.05, 4.69) is 34.5 Å². The van der Waals surface area contributed by atoms with Gasteiger partial charge in [-0.2, -0.15) is 0 Å². The van der Waals surface area contributed by atoms with E-state index in [1.54, 1.807) is 32.0 Å². The van der Waals surface area contributed by atoms with Gasteiger partial charge in [0.05, 0.1) is 49.7 Å². The predicted octanol–water partition coefficient (Wildman–Crippen LogP) is 6.01. The Morgan fingerprint density at radius 2 is 1.45 bits per heavy atom. The molecule has 1 aliphatic rings. The summed E-state index contributed by atoms with van der Waals surface area (Å²) < 4.78 is 16.7. The summed E-state index contributed by atoms with van der Waals surface area (Å²) in [6, 6.07) is 27.8. The quantitative estimate of drug-likeness (QED) is 0.193. The lowest BCUT2D eigenvalue weighted by Crippen LogP contribution is -2.35. The second kappa shape index (κ2) is 15.4. The first-order chi connectivity index (χ1) is 20.4. The maximum Gasteiger partial charge on any atom is 0.336 e. The molecule has 0 fully saturated rings. The molecule has 1 N–H and O–H groups in total. The van der Waals surface area contributed by atoms with Crippen LogP contribution in [0.1, 0.15) is 36.5 Å². The molecule has 1 unspecified atom stereocenters. The van der Waals surface area contributed by atoms with Crippen molar-refractivity contribution in [3.63, 3.8) is 0 Å². The monoisotopic (exact) mass is 588 g/mol. The summed E-state index contributed by atoms with van der Waals surface area (Å²) in [5.74, 6) is -1.88. The highest BCUT2D eigenvalue weighted by molar-refractivity contribution is 6.31. The molecule has 0 aromatic heterocycles. The van der Waals surface area contributed by atoms with Gasteiger partial charge in [0.25, 0.3) is 0 Å². The third-order valence-corrected chi connectivity index (χ3v) is 7.40. The van der Waals surface area contributed by atoms with E-state index in [4.69, 9.17) is 25.8 Å². The number of carbonyl (C=O) groups is 2. The minimum atomic E-state index is -0.780. The first-order valence-corrected chi connectivity index (χ1v) is 14.4. The van der Waals surface area contributed by atoms with Crippen LogP contribution in [0.5, 0.6) is 0 Å². The number of ether oxygens (including phenoxy) is 3. The van der Waals surface area contributed by atoms with Crippen LogP contribution in [0.25, 0.3) is 0 Å². The molecule has 220 valence electrons. The van der Waals surface area contributed by atoms with Crippen LogP contribution in [-0.2, 0) is 36.9 Å². The number of methoxy groups -OCH3 is 1. The molecular weight excluding hydrogens is 552 g/mol. The summed E-state index contributed by atoms with van der Waals surface area (Å²) in [6.45, 7) is 6.44. The Hall–Kier alpha value is -3.91. The van der Waals surface area contributed by atoms with Crippen molar-refractivity contribution < 1.29 is 23.8 Å². The molecule has 7 nitrogen and oxygen atoms in total. The Morgan fingerprint density at radius 3 is 2.02 bits per heavy atom. The molecule has 0 saturated heterocycles. The second-order valence-electron chi connectivity index (χ2n) is 9.96. The summed E-state index contributed by atoms with van der Waals surface area (Å²) in [5, 5.41) is 3.66. The minimum Gasteiger partial charge on any atom is -0.466 e. The van der Waals surface area contributed by atoms with Gasteiger partial charge in [-0.15, -0.1) is 0 Å². The molecule has 1 heterocycles. The fourth-order valence-corrected chi connectivity index (χ4v) is 5.37. The van der Waals surface area contributed by atoms with Gasteiger partial charge in [-0.25, -0.2) is 9.59 Å². The fraction of sp³-hybridized carbons (Fsp3) is 0.294. The van der Waals surface area contributed by atoms with Crippen molar-refractivity contribution in [2.24, 2.45) is 0 Å². The van der Waals surface area contributed by atoms with Crippen LogP contribution in [0, 0.1) is 0 Å². The molecular formula is C34H37ClN2O5. The Labute approximate surface area is 252 Å². The van der Waals surface area contributed by atoms with E-state index in [1.165, 1.54) is 18.2 Å². The molecule has 3 aromatic rings. The van der Waals surface area contributed by atoms with Crippen molar-refractivity contribution in [1.29, 1.82) is 0 Å². The van der Waals surface area contributed by atoms with Crippen molar-refractivity contribution >= 4 is 23.5 Å². The molecule has 0 saturated carbocycles. The van der Waals surface area contributed by atoms with Crippen molar-refractivity contribution in [3.8, 4) is 0 Å². The van der Waals surface area contributed by atoms with Crippen molar-refractivity contribution in [1.82, 2.24) is 10.2 Å².